The van der Waals surface area contributed by atoms with E-state index in [1.165, 1.54) is 0 Å². The first-order valence-electron chi connectivity index (χ1n) is 5.89. The van der Waals surface area contributed by atoms with E-state index in [9.17, 15) is 10.1 Å². The molecule has 0 spiro atoms. The number of nitro groups is 1. The molecule has 0 aliphatic carbocycles. The number of aryl methyl sites for hydroxylation is 2. The highest BCUT2D eigenvalue weighted by atomic mass is 16.6. The summed E-state index contributed by atoms with van der Waals surface area (Å²) in [5.41, 5.74) is 1.39. The quantitative estimate of drug-likeness (QED) is 0.606. The van der Waals surface area contributed by atoms with Gasteiger partial charge in [0.2, 0.25) is 0 Å². The molecule has 0 aromatic carbocycles. The third-order valence-electron chi connectivity index (χ3n) is 2.81. The summed E-state index contributed by atoms with van der Waals surface area (Å²) in [6.45, 7) is 6.45. The molecule has 17 heavy (non-hydrogen) atoms. The lowest BCUT2D eigenvalue weighted by molar-refractivity contribution is -0.386. The minimum Gasteiger partial charge on any atom is -0.317 e. The zero-order valence-electron chi connectivity index (χ0n) is 10.9. The minimum atomic E-state index is -0.327. The van der Waals surface area contributed by atoms with Gasteiger partial charge >= 0.3 is 5.69 Å². The first-order valence-corrected chi connectivity index (χ1v) is 5.89. The van der Waals surface area contributed by atoms with Gasteiger partial charge in [0.25, 0.3) is 0 Å². The Morgan fingerprint density at radius 2 is 2.24 bits per heavy atom. The third kappa shape index (κ3) is 3.03. The van der Waals surface area contributed by atoms with Gasteiger partial charge < -0.3 is 5.32 Å². The summed E-state index contributed by atoms with van der Waals surface area (Å²) in [4.78, 5) is 10.7. The van der Waals surface area contributed by atoms with Gasteiger partial charge in [-0.25, -0.2) is 0 Å². The molecular formula is C11H20N4O2. The number of hydrogen-bond acceptors (Lipinski definition) is 4. The molecule has 0 bridgehead atoms. The van der Waals surface area contributed by atoms with Gasteiger partial charge in [-0.3, -0.25) is 14.8 Å². The lowest BCUT2D eigenvalue weighted by Gasteiger charge is -2.11. The Morgan fingerprint density at radius 3 is 2.71 bits per heavy atom. The maximum atomic E-state index is 11.1. The van der Waals surface area contributed by atoms with E-state index in [4.69, 9.17) is 0 Å². The third-order valence-corrected chi connectivity index (χ3v) is 2.81. The molecular weight excluding hydrogens is 220 g/mol. The molecule has 96 valence electrons. The molecule has 1 aromatic rings. The topological polar surface area (TPSA) is 73.0 Å². The van der Waals surface area contributed by atoms with Gasteiger partial charge in [-0.2, -0.15) is 5.10 Å². The molecule has 0 amide bonds. The monoisotopic (exact) mass is 240 g/mol. The number of nitrogens with one attached hydrogen (secondary N) is 1. The van der Waals surface area contributed by atoms with Crippen molar-refractivity contribution in [3.63, 3.8) is 0 Å². The number of likely N-dealkylation sites (N-methyl/N-ethyl adjacent to an activating group) is 1. The first-order chi connectivity index (χ1) is 8.01. The normalized spacial score (nSPS) is 12.7. The molecule has 6 nitrogen and oxygen atoms in total. The van der Waals surface area contributed by atoms with Crippen LogP contribution in [0.2, 0.25) is 0 Å². The van der Waals surface area contributed by atoms with Gasteiger partial charge in [0.15, 0.2) is 0 Å². The van der Waals surface area contributed by atoms with Crippen LogP contribution in [0.25, 0.3) is 0 Å². The van der Waals surface area contributed by atoms with Crippen LogP contribution in [-0.2, 0) is 13.0 Å². The highest BCUT2D eigenvalue weighted by molar-refractivity contribution is 5.41. The SMILES string of the molecule is CCCn1nc(C)c([N+](=O)[O-])c1CC(C)NC. The van der Waals surface area contributed by atoms with Crippen molar-refractivity contribution in [3.8, 4) is 0 Å². The predicted octanol–water partition coefficient (Wildman–Crippen LogP) is 1.66. The van der Waals surface area contributed by atoms with E-state index in [-0.39, 0.29) is 16.7 Å². The second-order valence-electron chi connectivity index (χ2n) is 4.25. The summed E-state index contributed by atoms with van der Waals surface area (Å²) < 4.78 is 1.77. The number of aromatic nitrogens is 2. The molecule has 1 atom stereocenters. The van der Waals surface area contributed by atoms with Gasteiger partial charge in [-0.15, -0.1) is 0 Å². The Bertz CT molecular complexity index is 400. The fraction of sp³-hybridized carbons (Fsp3) is 0.727. The molecule has 1 aromatic heterocycles. The fourth-order valence-electron chi connectivity index (χ4n) is 1.85. The molecule has 1 heterocycles. The maximum Gasteiger partial charge on any atom is 0.313 e. The van der Waals surface area contributed by atoms with Crippen LogP contribution >= 0.6 is 0 Å². The lowest BCUT2D eigenvalue weighted by atomic mass is 10.1. The largest absolute Gasteiger partial charge is 0.317 e. The van der Waals surface area contributed by atoms with E-state index in [1.807, 2.05) is 20.9 Å². The van der Waals surface area contributed by atoms with E-state index in [0.717, 1.165) is 18.7 Å². The van der Waals surface area contributed by atoms with E-state index >= 15 is 0 Å². The summed E-state index contributed by atoms with van der Waals surface area (Å²) in [5, 5.41) is 18.4. The molecule has 0 radical (unpaired) electrons. The van der Waals surface area contributed by atoms with Gasteiger partial charge in [0.05, 0.1) is 4.92 Å². The Morgan fingerprint density at radius 1 is 1.59 bits per heavy atom. The molecule has 6 heteroatoms. The zero-order chi connectivity index (χ0) is 13.0. The van der Waals surface area contributed by atoms with Crippen LogP contribution in [0.3, 0.4) is 0 Å². The maximum absolute atomic E-state index is 11.1. The van der Waals surface area contributed by atoms with Crippen LogP contribution in [0, 0.1) is 17.0 Å². The Hall–Kier alpha value is -1.43. The number of rotatable bonds is 6. The minimum absolute atomic E-state index is 0.167. The van der Waals surface area contributed by atoms with Gasteiger partial charge in [0.1, 0.15) is 11.4 Å². The van der Waals surface area contributed by atoms with Gasteiger partial charge in [0, 0.05) is 19.0 Å². The van der Waals surface area contributed by atoms with Gasteiger partial charge in [-0.05, 0) is 27.3 Å². The second kappa shape index (κ2) is 5.77. The van der Waals surface area contributed by atoms with E-state index in [2.05, 4.69) is 10.4 Å². The van der Waals surface area contributed by atoms with Crippen molar-refractivity contribution in [2.45, 2.75) is 46.2 Å². The second-order valence-corrected chi connectivity index (χ2v) is 4.25. The summed E-state index contributed by atoms with van der Waals surface area (Å²) in [7, 11) is 1.85. The summed E-state index contributed by atoms with van der Waals surface area (Å²) in [5.74, 6) is 0. The highest BCUT2D eigenvalue weighted by Crippen LogP contribution is 2.24. The fourth-order valence-corrected chi connectivity index (χ4v) is 1.85. The van der Waals surface area contributed by atoms with Crippen molar-refractivity contribution in [1.82, 2.24) is 15.1 Å². The predicted molar refractivity (Wildman–Crippen MR) is 66.1 cm³/mol. The van der Waals surface area contributed by atoms with Crippen molar-refractivity contribution in [2.75, 3.05) is 7.05 Å². The lowest BCUT2D eigenvalue weighted by Crippen LogP contribution is -2.25. The van der Waals surface area contributed by atoms with Crippen molar-refractivity contribution < 1.29 is 4.92 Å². The molecule has 0 saturated carbocycles. The summed E-state index contributed by atoms with van der Waals surface area (Å²) in [6.07, 6.45) is 1.53. The smallest absolute Gasteiger partial charge is 0.313 e. The van der Waals surface area contributed by atoms with Crippen LogP contribution in [-0.4, -0.2) is 27.8 Å². The number of hydrogen-bond donors (Lipinski definition) is 1. The molecule has 1 rings (SSSR count). The highest BCUT2D eigenvalue weighted by Gasteiger charge is 2.25. The van der Waals surface area contributed by atoms with Crippen LogP contribution in [0.15, 0.2) is 0 Å². The van der Waals surface area contributed by atoms with Gasteiger partial charge in [-0.1, -0.05) is 6.92 Å². The molecule has 1 N–H and O–H groups in total. The van der Waals surface area contributed by atoms with Crippen molar-refractivity contribution >= 4 is 5.69 Å². The Balaban J connectivity index is 3.15. The Labute approximate surface area is 101 Å². The molecule has 0 fully saturated rings. The zero-order valence-corrected chi connectivity index (χ0v) is 10.9. The average Bonchev–Trinajstić information content (AvgIpc) is 2.55. The van der Waals surface area contributed by atoms with Crippen LogP contribution in [0.5, 0.6) is 0 Å². The van der Waals surface area contributed by atoms with Crippen LogP contribution in [0.1, 0.15) is 31.7 Å². The van der Waals surface area contributed by atoms with E-state index in [0.29, 0.717) is 12.1 Å². The van der Waals surface area contributed by atoms with Crippen molar-refractivity contribution in [1.29, 1.82) is 0 Å². The molecule has 1 unspecified atom stereocenters. The summed E-state index contributed by atoms with van der Waals surface area (Å²) in [6, 6.07) is 0.195. The van der Waals surface area contributed by atoms with Crippen LogP contribution < -0.4 is 5.32 Å². The standard InChI is InChI=1S/C11H20N4O2/c1-5-6-14-10(7-8(2)12-4)11(15(16)17)9(3)13-14/h8,12H,5-7H2,1-4H3. The molecule has 0 saturated heterocycles. The summed E-state index contributed by atoms with van der Waals surface area (Å²) >= 11 is 0. The molecule has 0 aliphatic heterocycles. The van der Waals surface area contributed by atoms with Crippen molar-refractivity contribution in [3.05, 3.63) is 21.5 Å². The molecule has 0 aliphatic rings. The van der Waals surface area contributed by atoms with Crippen molar-refractivity contribution in [2.24, 2.45) is 0 Å². The van der Waals surface area contributed by atoms with E-state index < -0.39 is 0 Å². The van der Waals surface area contributed by atoms with Crippen LogP contribution in [0.4, 0.5) is 5.69 Å². The van der Waals surface area contributed by atoms with E-state index in [1.54, 1.807) is 11.6 Å². The number of nitrogens with zero attached hydrogens (tertiary/aromatic N) is 3. The average molecular weight is 240 g/mol. The Kier molecular flexibility index (Phi) is 4.62. The first kappa shape index (κ1) is 13.6.